The smallest absolute Gasteiger partial charge is 0.410 e. The van der Waals surface area contributed by atoms with E-state index >= 15 is 0 Å². The molecule has 26 heavy (non-hydrogen) atoms. The fourth-order valence-corrected chi connectivity index (χ4v) is 3.75. The number of carbonyl (C=O) groups is 2. The zero-order valence-electron chi connectivity index (χ0n) is 15.8. The number of hydrogen-bond acceptors (Lipinski definition) is 4. The fraction of sp³-hybridized carbons (Fsp3) is 0.600. The molecule has 0 unspecified atom stereocenters. The van der Waals surface area contributed by atoms with Crippen molar-refractivity contribution in [2.45, 2.75) is 70.2 Å². The molecule has 0 atom stereocenters. The van der Waals surface area contributed by atoms with Gasteiger partial charge in [0.1, 0.15) is 12.2 Å². The lowest BCUT2D eigenvalue weighted by Crippen LogP contribution is -2.66. The van der Waals surface area contributed by atoms with E-state index in [0.717, 1.165) is 31.2 Å². The van der Waals surface area contributed by atoms with Gasteiger partial charge in [-0.25, -0.2) is 9.59 Å². The Kier molecular flexibility index (Phi) is 5.12. The highest BCUT2D eigenvalue weighted by atomic mass is 16.6. The summed E-state index contributed by atoms with van der Waals surface area (Å²) < 4.78 is 10.9. The second-order valence-corrected chi connectivity index (χ2v) is 8.31. The van der Waals surface area contributed by atoms with Gasteiger partial charge < -0.3 is 19.7 Å². The van der Waals surface area contributed by atoms with Gasteiger partial charge in [0.25, 0.3) is 0 Å². The summed E-state index contributed by atoms with van der Waals surface area (Å²) in [5, 5.41) is 3.03. The van der Waals surface area contributed by atoms with E-state index in [1.807, 2.05) is 51.1 Å². The van der Waals surface area contributed by atoms with Gasteiger partial charge in [0, 0.05) is 12.6 Å². The summed E-state index contributed by atoms with van der Waals surface area (Å²) in [4.78, 5) is 26.6. The lowest BCUT2D eigenvalue weighted by Gasteiger charge is -2.52. The molecule has 0 aromatic heterocycles. The van der Waals surface area contributed by atoms with Crippen molar-refractivity contribution in [1.82, 2.24) is 10.2 Å². The number of carbonyl (C=O) groups excluding carboxylic acids is 2. The van der Waals surface area contributed by atoms with Crippen molar-refractivity contribution in [3.63, 3.8) is 0 Å². The van der Waals surface area contributed by atoms with Gasteiger partial charge in [0.15, 0.2) is 0 Å². The number of amides is 2. The molecule has 6 nitrogen and oxygen atoms in total. The highest BCUT2D eigenvalue weighted by Gasteiger charge is 2.48. The highest BCUT2D eigenvalue weighted by molar-refractivity contribution is 5.71. The molecule has 2 saturated heterocycles. The van der Waals surface area contributed by atoms with Gasteiger partial charge in [-0.2, -0.15) is 0 Å². The van der Waals surface area contributed by atoms with Crippen LogP contribution in [0.4, 0.5) is 9.59 Å². The van der Waals surface area contributed by atoms with Crippen LogP contribution in [0.2, 0.25) is 0 Å². The molecular weight excluding hydrogens is 332 g/mol. The molecule has 1 aliphatic carbocycles. The summed E-state index contributed by atoms with van der Waals surface area (Å²) >= 11 is 0. The first kappa shape index (κ1) is 18.5. The van der Waals surface area contributed by atoms with Crippen molar-refractivity contribution in [3.8, 4) is 0 Å². The third-order valence-corrected chi connectivity index (χ3v) is 5.03. The summed E-state index contributed by atoms with van der Waals surface area (Å²) in [6.45, 7) is 6.31. The molecule has 3 aliphatic rings. The van der Waals surface area contributed by atoms with E-state index in [0.29, 0.717) is 6.54 Å². The third-order valence-electron chi connectivity index (χ3n) is 5.03. The molecule has 2 amide bonds. The molecular formula is C20H28N2O4. The van der Waals surface area contributed by atoms with Crippen molar-refractivity contribution in [3.05, 3.63) is 35.9 Å². The van der Waals surface area contributed by atoms with Crippen LogP contribution in [0.3, 0.4) is 0 Å². The first-order valence-electron chi connectivity index (χ1n) is 9.25. The van der Waals surface area contributed by atoms with E-state index in [1.165, 1.54) is 0 Å². The minimum absolute atomic E-state index is 0.203. The molecule has 6 heteroatoms. The summed E-state index contributed by atoms with van der Waals surface area (Å²) in [6.07, 6.45) is 2.73. The zero-order chi connectivity index (χ0) is 18.8. The molecule has 1 N–H and O–H groups in total. The summed E-state index contributed by atoms with van der Waals surface area (Å²) in [5.74, 6) is 0. The van der Waals surface area contributed by atoms with Crippen LogP contribution >= 0.6 is 0 Å². The second-order valence-electron chi connectivity index (χ2n) is 8.31. The zero-order valence-corrected chi connectivity index (χ0v) is 15.8. The Labute approximate surface area is 154 Å². The molecule has 4 rings (SSSR count). The van der Waals surface area contributed by atoms with Gasteiger partial charge in [-0.15, -0.1) is 0 Å². The number of piperidine rings is 2. The van der Waals surface area contributed by atoms with Crippen LogP contribution in [0.15, 0.2) is 30.3 Å². The minimum atomic E-state index is -0.525. The average Bonchev–Trinajstić information content (AvgIpc) is 2.60. The lowest BCUT2D eigenvalue weighted by molar-refractivity contribution is -0.0266. The van der Waals surface area contributed by atoms with Crippen molar-refractivity contribution in [2.24, 2.45) is 0 Å². The van der Waals surface area contributed by atoms with Gasteiger partial charge in [0.05, 0.1) is 5.54 Å². The number of hydrogen-bond donors (Lipinski definition) is 1. The normalized spacial score (nSPS) is 24.9. The maximum absolute atomic E-state index is 12.5. The maximum Gasteiger partial charge on any atom is 0.410 e. The third kappa shape index (κ3) is 4.48. The van der Waals surface area contributed by atoms with E-state index in [-0.39, 0.29) is 18.7 Å². The van der Waals surface area contributed by atoms with E-state index < -0.39 is 17.2 Å². The van der Waals surface area contributed by atoms with Crippen LogP contribution in [-0.2, 0) is 16.1 Å². The Morgan fingerprint density at radius 1 is 1.19 bits per heavy atom. The molecule has 1 aromatic rings. The Hall–Kier alpha value is -2.24. The Bertz CT molecular complexity index is 646. The first-order chi connectivity index (χ1) is 12.3. The van der Waals surface area contributed by atoms with Crippen LogP contribution in [0.1, 0.15) is 52.0 Å². The van der Waals surface area contributed by atoms with Gasteiger partial charge in [-0.05, 0) is 52.0 Å². The lowest BCUT2D eigenvalue weighted by atomic mass is 9.74. The van der Waals surface area contributed by atoms with Crippen molar-refractivity contribution >= 4 is 12.2 Å². The monoisotopic (exact) mass is 360 g/mol. The van der Waals surface area contributed by atoms with Gasteiger partial charge in [-0.3, -0.25) is 0 Å². The number of alkyl carbamates (subject to hydrolysis) is 1. The van der Waals surface area contributed by atoms with Crippen LogP contribution in [0.5, 0.6) is 0 Å². The van der Waals surface area contributed by atoms with Crippen LogP contribution in [-0.4, -0.2) is 40.8 Å². The number of rotatable bonds is 3. The Morgan fingerprint density at radius 2 is 1.85 bits per heavy atom. The van der Waals surface area contributed by atoms with Gasteiger partial charge in [-0.1, -0.05) is 30.3 Å². The molecule has 0 radical (unpaired) electrons. The fourth-order valence-electron chi connectivity index (χ4n) is 3.75. The minimum Gasteiger partial charge on any atom is -0.445 e. The topological polar surface area (TPSA) is 67.9 Å². The predicted octanol–water partition coefficient (Wildman–Crippen LogP) is 3.84. The standard InChI is InChI=1S/C20H28N2O4/c1-19(2,3)26-18(24)22-14-20(11-9-16(22)10-12-20)21-17(23)25-13-15-7-5-4-6-8-15/h4-8,16H,9-14H2,1-3H3,(H,21,23). The summed E-state index contributed by atoms with van der Waals surface area (Å²) in [5.41, 5.74) is 0.00506. The van der Waals surface area contributed by atoms with Crippen molar-refractivity contribution in [2.75, 3.05) is 6.54 Å². The van der Waals surface area contributed by atoms with Crippen LogP contribution < -0.4 is 5.32 Å². The molecule has 2 aliphatic heterocycles. The number of benzene rings is 1. The van der Waals surface area contributed by atoms with Gasteiger partial charge >= 0.3 is 12.2 Å². The molecule has 2 heterocycles. The molecule has 3 fully saturated rings. The van der Waals surface area contributed by atoms with E-state index in [4.69, 9.17) is 9.47 Å². The second kappa shape index (κ2) is 7.17. The predicted molar refractivity (Wildman–Crippen MR) is 97.7 cm³/mol. The Balaban J connectivity index is 1.58. The molecule has 2 bridgehead atoms. The Morgan fingerprint density at radius 3 is 2.46 bits per heavy atom. The van der Waals surface area contributed by atoms with Crippen LogP contribution in [0.25, 0.3) is 0 Å². The molecule has 1 saturated carbocycles. The van der Waals surface area contributed by atoms with E-state index in [9.17, 15) is 9.59 Å². The highest BCUT2D eigenvalue weighted by Crippen LogP contribution is 2.39. The summed E-state index contributed by atoms with van der Waals surface area (Å²) in [6, 6.07) is 9.79. The SMILES string of the molecule is CC(C)(C)OC(=O)N1CC2(NC(=O)OCc3ccccc3)CCC1CC2. The van der Waals surface area contributed by atoms with E-state index in [1.54, 1.807) is 4.90 Å². The molecule has 0 spiro atoms. The average molecular weight is 360 g/mol. The van der Waals surface area contributed by atoms with Crippen LogP contribution in [0, 0.1) is 0 Å². The number of nitrogens with zero attached hydrogens (tertiary/aromatic N) is 1. The van der Waals surface area contributed by atoms with Gasteiger partial charge in [0.2, 0.25) is 0 Å². The maximum atomic E-state index is 12.5. The number of ether oxygens (including phenoxy) is 2. The largest absolute Gasteiger partial charge is 0.445 e. The van der Waals surface area contributed by atoms with Crippen molar-refractivity contribution < 1.29 is 19.1 Å². The number of nitrogens with one attached hydrogen (secondary N) is 1. The molecule has 1 aromatic carbocycles. The quantitative estimate of drug-likeness (QED) is 0.889. The first-order valence-corrected chi connectivity index (χ1v) is 9.25. The van der Waals surface area contributed by atoms with Crippen molar-refractivity contribution in [1.29, 1.82) is 0 Å². The number of fused-ring (bicyclic) bond motifs is 3. The molecule has 142 valence electrons. The van der Waals surface area contributed by atoms with E-state index in [2.05, 4.69) is 5.32 Å². The summed E-state index contributed by atoms with van der Waals surface area (Å²) in [7, 11) is 0.